The Morgan fingerprint density at radius 2 is 1.86 bits per heavy atom. The van der Waals surface area contributed by atoms with Crippen molar-refractivity contribution in [2.75, 3.05) is 39.0 Å². The minimum absolute atomic E-state index is 0.0598. The first kappa shape index (κ1) is 17.5. The number of hydrogen-bond acceptors (Lipinski definition) is 4. The molecule has 2 aliphatic heterocycles. The lowest BCUT2D eigenvalue weighted by Gasteiger charge is -2.31. The fourth-order valence-electron chi connectivity index (χ4n) is 3.14. The van der Waals surface area contributed by atoms with E-state index in [2.05, 4.69) is 22.6 Å². The van der Waals surface area contributed by atoms with Gasteiger partial charge in [-0.3, -0.25) is 0 Å². The first-order valence-electron chi connectivity index (χ1n) is 8.15. The van der Waals surface area contributed by atoms with Gasteiger partial charge in [-0.2, -0.15) is 0 Å². The molecule has 0 saturated carbocycles. The van der Waals surface area contributed by atoms with Crippen molar-refractivity contribution >= 4 is 16.1 Å². The molecule has 2 N–H and O–H groups in total. The van der Waals surface area contributed by atoms with Crippen molar-refractivity contribution in [3.63, 3.8) is 0 Å². The number of rotatable bonds is 5. The van der Waals surface area contributed by atoms with Gasteiger partial charge in [-0.25, -0.2) is 17.5 Å². The molecule has 2 aliphatic rings. The van der Waals surface area contributed by atoms with Crippen LogP contribution in [0.5, 0.6) is 0 Å². The highest BCUT2D eigenvalue weighted by molar-refractivity contribution is 7.89. The highest BCUT2D eigenvalue weighted by Gasteiger charge is 2.27. The number of likely N-dealkylation sites (tertiary alicyclic amines) is 1. The molecule has 0 radical (unpaired) electrons. The second-order valence-electron chi connectivity index (χ2n) is 6.20. The van der Waals surface area contributed by atoms with Crippen LogP contribution in [0.15, 0.2) is 0 Å². The number of piperidine rings is 1. The van der Waals surface area contributed by atoms with Crippen LogP contribution in [-0.4, -0.2) is 74.7 Å². The average molecular weight is 332 g/mol. The topological polar surface area (TPSA) is 81.8 Å². The molecule has 22 heavy (non-hydrogen) atoms. The van der Waals surface area contributed by atoms with Gasteiger partial charge in [0.15, 0.2) is 0 Å². The van der Waals surface area contributed by atoms with Gasteiger partial charge < -0.3 is 15.5 Å². The van der Waals surface area contributed by atoms with Gasteiger partial charge in [-0.15, -0.1) is 0 Å². The number of urea groups is 1. The second kappa shape index (κ2) is 7.61. The molecule has 2 fully saturated rings. The standard InChI is InChI=1S/C14H28N4O3S/c1-3-22(20,21)18-9-6-12(7-10-18)16-14(19)15-11-13-5-4-8-17(13)2/h12-13H,3-11H2,1-2H3,(H2,15,16,19). The molecule has 0 spiro atoms. The van der Waals surface area contributed by atoms with E-state index < -0.39 is 10.0 Å². The summed E-state index contributed by atoms with van der Waals surface area (Å²) >= 11 is 0. The van der Waals surface area contributed by atoms with Crippen molar-refractivity contribution in [3.05, 3.63) is 0 Å². The Morgan fingerprint density at radius 3 is 2.41 bits per heavy atom. The van der Waals surface area contributed by atoms with E-state index in [9.17, 15) is 13.2 Å². The molecule has 8 heteroatoms. The molecule has 2 amide bonds. The maximum absolute atomic E-state index is 11.9. The van der Waals surface area contributed by atoms with Crippen molar-refractivity contribution in [2.45, 2.75) is 44.7 Å². The lowest BCUT2D eigenvalue weighted by molar-refractivity contribution is 0.222. The van der Waals surface area contributed by atoms with Crippen LogP contribution in [-0.2, 0) is 10.0 Å². The molecule has 0 aromatic carbocycles. The summed E-state index contributed by atoms with van der Waals surface area (Å²) in [6.45, 7) is 4.41. The highest BCUT2D eigenvalue weighted by atomic mass is 32.2. The van der Waals surface area contributed by atoms with Gasteiger partial charge in [0.1, 0.15) is 0 Å². The van der Waals surface area contributed by atoms with Crippen LogP contribution in [0, 0.1) is 0 Å². The summed E-state index contributed by atoms with van der Waals surface area (Å²) in [4.78, 5) is 14.2. The summed E-state index contributed by atoms with van der Waals surface area (Å²) in [5.41, 5.74) is 0. The van der Waals surface area contributed by atoms with E-state index in [1.165, 1.54) is 10.7 Å². The first-order valence-corrected chi connectivity index (χ1v) is 9.75. The van der Waals surface area contributed by atoms with Crippen LogP contribution in [0.2, 0.25) is 0 Å². The predicted molar refractivity (Wildman–Crippen MR) is 86.2 cm³/mol. The van der Waals surface area contributed by atoms with Gasteiger partial charge in [0.25, 0.3) is 0 Å². The molecule has 0 aromatic rings. The van der Waals surface area contributed by atoms with Crippen molar-refractivity contribution in [1.82, 2.24) is 19.8 Å². The molecular formula is C14H28N4O3S. The van der Waals surface area contributed by atoms with Crippen LogP contribution < -0.4 is 10.6 Å². The van der Waals surface area contributed by atoms with E-state index >= 15 is 0 Å². The number of sulfonamides is 1. The number of nitrogens with one attached hydrogen (secondary N) is 2. The van der Waals surface area contributed by atoms with E-state index in [0.29, 0.717) is 38.5 Å². The molecular weight excluding hydrogens is 304 g/mol. The molecule has 7 nitrogen and oxygen atoms in total. The summed E-state index contributed by atoms with van der Waals surface area (Å²) in [5.74, 6) is 0.139. The Kier molecular flexibility index (Phi) is 6.05. The minimum Gasteiger partial charge on any atom is -0.337 e. The molecule has 2 heterocycles. The number of hydrogen-bond donors (Lipinski definition) is 2. The first-order chi connectivity index (χ1) is 10.4. The number of carbonyl (C=O) groups excluding carboxylic acids is 1. The summed E-state index contributed by atoms with van der Waals surface area (Å²) in [5, 5.41) is 5.89. The Balaban J connectivity index is 1.68. The van der Waals surface area contributed by atoms with Crippen LogP contribution in [0.1, 0.15) is 32.6 Å². The van der Waals surface area contributed by atoms with Gasteiger partial charge in [0.05, 0.1) is 5.75 Å². The van der Waals surface area contributed by atoms with E-state index in [1.807, 2.05) is 0 Å². The minimum atomic E-state index is -3.10. The SMILES string of the molecule is CCS(=O)(=O)N1CCC(NC(=O)NCC2CCCN2C)CC1. The van der Waals surface area contributed by atoms with E-state index in [0.717, 1.165) is 13.0 Å². The van der Waals surface area contributed by atoms with Crippen LogP contribution in [0.25, 0.3) is 0 Å². The summed E-state index contributed by atoms with van der Waals surface area (Å²) < 4.78 is 25.1. The number of likely N-dealkylation sites (N-methyl/N-ethyl adjacent to an activating group) is 1. The van der Waals surface area contributed by atoms with Crippen LogP contribution in [0.3, 0.4) is 0 Å². The number of carbonyl (C=O) groups is 1. The third-order valence-electron chi connectivity index (χ3n) is 4.72. The fraction of sp³-hybridized carbons (Fsp3) is 0.929. The smallest absolute Gasteiger partial charge is 0.315 e. The summed E-state index contributed by atoms with van der Waals surface area (Å²) in [7, 11) is -1.02. The Labute approximate surface area is 133 Å². The molecule has 128 valence electrons. The molecule has 2 rings (SSSR count). The summed E-state index contributed by atoms with van der Waals surface area (Å²) in [6.07, 6.45) is 3.67. The molecule has 1 unspecified atom stereocenters. The van der Waals surface area contributed by atoms with Gasteiger partial charge in [-0.05, 0) is 46.2 Å². The maximum atomic E-state index is 11.9. The zero-order valence-corrected chi connectivity index (χ0v) is 14.4. The predicted octanol–water partition coefficient (Wildman–Crippen LogP) is 0.194. The van der Waals surface area contributed by atoms with Crippen LogP contribution >= 0.6 is 0 Å². The van der Waals surface area contributed by atoms with E-state index in [1.54, 1.807) is 6.92 Å². The Hall–Kier alpha value is -0.860. The molecule has 1 atom stereocenters. The average Bonchev–Trinajstić information content (AvgIpc) is 2.91. The molecule has 0 bridgehead atoms. The normalized spacial score (nSPS) is 25.3. The van der Waals surface area contributed by atoms with Crippen molar-refractivity contribution < 1.29 is 13.2 Å². The maximum Gasteiger partial charge on any atom is 0.315 e. The lowest BCUT2D eigenvalue weighted by atomic mass is 10.1. The Morgan fingerprint density at radius 1 is 1.18 bits per heavy atom. The number of amides is 2. The molecule has 2 saturated heterocycles. The number of nitrogens with zero attached hydrogens (tertiary/aromatic N) is 2. The van der Waals surface area contributed by atoms with E-state index in [4.69, 9.17) is 0 Å². The quantitative estimate of drug-likeness (QED) is 0.753. The van der Waals surface area contributed by atoms with Gasteiger partial charge in [0, 0.05) is 31.7 Å². The van der Waals surface area contributed by atoms with Gasteiger partial charge >= 0.3 is 6.03 Å². The van der Waals surface area contributed by atoms with Crippen molar-refractivity contribution in [2.24, 2.45) is 0 Å². The lowest BCUT2D eigenvalue weighted by Crippen LogP contribution is -2.50. The van der Waals surface area contributed by atoms with Crippen molar-refractivity contribution in [1.29, 1.82) is 0 Å². The molecule has 0 aliphatic carbocycles. The summed E-state index contributed by atoms with van der Waals surface area (Å²) in [6, 6.07) is 0.351. The van der Waals surface area contributed by atoms with Gasteiger partial charge in [0.2, 0.25) is 10.0 Å². The third-order valence-corrected chi connectivity index (χ3v) is 6.60. The highest BCUT2D eigenvalue weighted by Crippen LogP contribution is 2.15. The third kappa shape index (κ3) is 4.57. The fourth-order valence-corrected chi connectivity index (χ4v) is 4.28. The Bertz CT molecular complexity index is 474. The zero-order chi connectivity index (χ0) is 16.2. The zero-order valence-electron chi connectivity index (χ0n) is 13.5. The van der Waals surface area contributed by atoms with Crippen molar-refractivity contribution in [3.8, 4) is 0 Å². The van der Waals surface area contributed by atoms with E-state index in [-0.39, 0.29) is 17.8 Å². The van der Waals surface area contributed by atoms with Crippen LogP contribution in [0.4, 0.5) is 4.79 Å². The molecule has 0 aromatic heterocycles. The largest absolute Gasteiger partial charge is 0.337 e. The van der Waals surface area contributed by atoms with Gasteiger partial charge in [-0.1, -0.05) is 0 Å². The monoisotopic (exact) mass is 332 g/mol. The second-order valence-corrected chi connectivity index (χ2v) is 8.46.